The Bertz CT molecular complexity index is 18.3. The second-order valence-electron chi connectivity index (χ2n) is 0.801. The van der Waals surface area contributed by atoms with E-state index in [1.54, 1.807) is 0 Å². The van der Waals surface area contributed by atoms with E-state index in [-0.39, 0.29) is 36.2 Å². The van der Waals surface area contributed by atoms with Gasteiger partial charge in [-0.25, -0.2) is 0 Å². The van der Waals surface area contributed by atoms with Crippen molar-refractivity contribution in [3.8, 4) is 0 Å². The molecule has 0 aromatic heterocycles. The standard InChI is InChI=1S/C3H8OS.Na.H/c4-2-1-3-5;;/h4-5H,1-3H2;;. The molecule has 6 heavy (non-hydrogen) atoms. The fourth-order valence-electron chi connectivity index (χ4n) is 0.0707. The number of hydrogen-bond acceptors (Lipinski definition) is 2. The molecule has 0 aliphatic heterocycles. The first-order valence-electron chi connectivity index (χ1n) is 1.63. The van der Waals surface area contributed by atoms with E-state index in [4.69, 9.17) is 5.11 Å². The summed E-state index contributed by atoms with van der Waals surface area (Å²) in [6.45, 7) is 0.267. The summed E-state index contributed by atoms with van der Waals surface area (Å²) in [5.41, 5.74) is 0. The van der Waals surface area contributed by atoms with E-state index >= 15 is 0 Å². The molecule has 0 fully saturated rings. The minimum atomic E-state index is 0. The van der Waals surface area contributed by atoms with Gasteiger partial charge in [-0.3, -0.25) is 0 Å². The number of thiol groups is 1. The first-order valence-corrected chi connectivity index (χ1v) is 2.26. The van der Waals surface area contributed by atoms with Gasteiger partial charge in [0.05, 0.1) is 0 Å². The summed E-state index contributed by atoms with van der Waals surface area (Å²) >= 11 is 3.84. The van der Waals surface area contributed by atoms with Crippen LogP contribution in [0.1, 0.15) is 6.42 Å². The Morgan fingerprint density at radius 1 is 1.50 bits per heavy atom. The predicted molar refractivity (Wildman–Crippen MR) is 32.7 cm³/mol. The maximum absolute atomic E-state index is 8.02. The summed E-state index contributed by atoms with van der Waals surface area (Å²) in [6, 6.07) is 0. The van der Waals surface area contributed by atoms with Crippen LogP contribution < -0.4 is 0 Å². The summed E-state index contributed by atoms with van der Waals surface area (Å²) in [5, 5.41) is 8.02. The summed E-state index contributed by atoms with van der Waals surface area (Å²) in [5.74, 6) is 0.788. The molecule has 0 aliphatic carbocycles. The van der Waals surface area contributed by atoms with E-state index in [9.17, 15) is 0 Å². The molecule has 0 bridgehead atoms. The molecule has 0 radical (unpaired) electrons. The number of aliphatic hydroxyl groups is 1. The Labute approximate surface area is 65.8 Å². The average Bonchev–Trinajstić information content (AvgIpc) is 1.41. The zero-order valence-electron chi connectivity index (χ0n) is 3.02. The topological polar surface area (TPSA) is 20.2 Å². The van der Waals surface area contributed by atoms with Crippen LogP contribution >= 0.6 is 12.6 Å². The molecular formula is C3H9NaOS. The first-order chi connectivity index (χ1) is 2.41. The van der Waals surface area contributed by atoms with Gasteiger partial charge in [0.25, 0.3) is 0 Å². The third-order valence-electron chi connectivity index (χ3n) is 0.316. The van der Waals surface area contributed by atoms with Crippen molar-refractivity contribution in [1.29, 1.82) is 0 Å². The molecule has 1 nitrogen and oxygen atoms in total. The van der Waals surface area contributed by atoms with Crippen LogP contribution in [0.15, 0.2) is 0 Å². The third kappa shape index (κ3) is 9.00. The van der Waals surface area contributed by atoms with Crippen LogP contribution in [-0.2, 0) is 0 Å². The Balaban J connectivity index is 0. The molecule has 0 atom stereocenters. The van der Waals surface area contributed by atoms with Crippen molar-refractivity contribution in [1.82, 2.24) is 0 Å². The fraction of sp³-hybridized carbons (Fsp3) is 1.00. The van der Waals surface area contributed by atoms with Gasteiger partial charge in [0, 0.05) is 6.61 Å². The molecule has 0 amide bonds. The summed E-state index contributed by atoms with van der Waals surface area (Å²) in [7, 11) is 0. The summed E-state index contributed by atoms with van der Waals surface area (Å²) < 4.78 is 0. The molecule has 3 heteroatoms. The number of aliphatic hydroxyl groups excluding tert-OH is 1. The van der Waals surface area contributed by atoms with Crippen LogP contribution in [0, 0.1) is 0 Å². The van der Waals surface area contributed by atoms with Crippen LogP contribution in [-0.4, -0.2) is 47.0 Å². The van der Waals surface area contributed by atoms with Crippen molar-refractivity contribution >= 4 is 42.2 Å². The van der Waals surface area contributed by atoms with Crippen molar-refractivity contribution < 1.29 is 5.11 Å². The van der Waals surface area contributed by atoms with Crippen molar-refractivity contribution in [3.05, 3.63) is 0 Å². The van der Waals surface area contributed by atoms with Crippen LogP contribution in [0.4, 0.5) is 0 Å². The maximum atomic E-state index is 8.02. The van der Waals surface area contributed by atoms with Crippen LogP contribution in [0.25, 0.3) is 0 Å². The Morgan fingerprint density at radius 2 is 2.00 bits per heavy atom. The van der Waals surface area contributed by atoms with Gasteiger partial charge in [0.2, 0.25) is 0 Å². The van der Waals surface area contributed by atoms with Crippen LogP contribution in [0.5, 0.6) is 0 Å². The molecule has 0 spiro atoms. The Hall–Kier alpha value is 1.31. The van der Waals surface area contributed by atoms with Gasteiger partial charge < -0.3 is 5.11 Å². The zero-order chi connectivity index (χ0) is 4.12. The SMILES string of the molecule is OCCCS.[NaH]. The Morgan fingerprint density at radius 3 is 2.00 bits per heavy atom. The van der Waals surface area contributed by atoms with Crippen LogP contribution in [0.2, 0.25) is 0 Å². The second kappa shape index (κ2) is 9.58. The van der Waals surface area contributed by atoms with Crippen molar-refractivity contribution in [2.45, 2.75) is 6.42 Å². The normalized spacial score (nSPS) is 7.00. The fourth-order valence-corrected chi connectivity index (χ4v) is 0.212. The first kappa shape index (κ1) is 10.3. The van der Waals surface area contributed by atoms with E-state index in [1.165, 1.54) is 0 Å². The van der Waals surface area contributed by atoms with Crippen molar-refractivity contribution in [2.75, 3.05) is 12.4 Å². The molecule has 0 saturated heterocycles. The Kier molecular flexibility index (Phi) is 16.5. The van der Waals surface area contributed by atoms with Gasteiger partial charge in [-0.2, -0.15) is 12.6 Å². The van der Waals surface area contributed by atoms with Gasteiger partial charge >= 0.3 is 29.6 Å². The van der Waals surface area contributed by atoms with Crippen molar-refractivity contribution in [2.24, 2.45) is 0 Å². The van der Waals surface area contributed by atoms with Gasteiger partial charge in [-0.05, 0) is 12.2 Å². The molecule has 0 rings (SSSR count). The molecule has 0 saturated carbocycles. The number of rotatable bonds is 2. The van der Waals surface area contributed by atoms with Crippen LogP contribution in [0.3, 0.4) is 0 Å². The van der Waals surface area contributed by atoms with E-state index in [0.717, 1.165) is 12.2 Å². The number of hydrogen-bond donors (Lipinski definition) is 2. The average molecular weight is 116 g/mol. The van der Waals surface area contributed by atoms with Gasteiger partial charge in [0.15, 0.2) is 0 Å². The molecule has 0 heterocycles. The molecule has 0 aromatic rings. The summed E-state index contributed by atoms with van der Waals surface area (Å²) in [6.07, 6.45) is 0.809. The minimum absolute atomic E-state index is 0. The van der Waals surface area contributed by atoms with E-state index in [1.807, 2.05) is 0 Å². The van der Waals surface area contributed by atoms with Gasteiger partial charge in [-0.1, -0.05) is 0 Å². The molecule has 0 aliphatic rings. The molecular weight excluding hydrogens is 107 g/mol. The zero-order valence-corrected chi connectivity index (χ0v) is 3.91. The third-order valence-corrected chi connectivity index (χ3v) is 0.632. The van der Waals surface area contributed by atoms with E-state index in [0.29, 0.717) is 0 Å². The van der Waals surface area contributed by atoms with E-state index < -0.39 is 0 Å². The molecule has 0 unspecified atom stereocenters. The molecule has 0 aromatic carbocycles. The summed E-state index contributed by atoms with van der Waals surface area (Å²) in [4.78, 5) is 0. The monoisotopic (exact) mass is 116 g/mol. The quantitative estimate of drug-likeness (QED) is 0.373. The predicted octanol–water partition coefficient (Wildman–Crippen LogP) is -0.350. The van der Waals surface area contributed by atoms with Gasteiger partial charge in [-0.15, -0.1) is 0 Å². The second-order valence-corrected chi connectivity index (χ2v) is 1.25. The van der Waals surface area contributed by atoms with Crippen molar-refractivity contribution in [3.63, 3.8) is 0 Å². The van der Waals surface area contributed by atoms with E-state index in [2.05, 4.69) is 12.6 Å². The van der Waals surface area contributed by atoms with Gasteiger partial charge in [0.1, 0.15) is 0 Å². The molecule has 34 valence electrons. The molecule has 1 N–H and O–H groups in total.